The van der Waals surface area contributed by atoms with Gasteiger partial charge in [0.2, 0.25) is 0 Å². The summed E-state index contributed by atoms with van der Waals surface area (Å²) in [5.74, 6) is 1.00. The van der Waals surface area contributed by atoms with Gasteiger partial charge in [-0.3, -0.25) is 0 Å². The van der Waals surface area contributed by atoms with E-state index < -0.39 is 0 Å². The summed E-state index contributed by atoms with van der Waals surface area (Å²) in [6.07, 6.45) is 22.1. The van der Waals surface area contributed by atoms with E-state index in [1.807, 2.05) is 0 Å². The first-order valence-corrected chi connectivity index (χ1v) is 12.3. The molecular weight excluding hydrogens is 340 g/mol. The van der Waals surface area contributed by atoms with Gasteiger partial charge in [-0.2, -0.15) is 0 Å². The Labute approximate surface area is 176 Å². The third-order valence-corrected chi connectivity index (χ3v) is 6.43. The van der Waals surface area contributed by atoms with Crippen LogP contribution >= 0.6 is 0 Å². The number of benzene rings is 1. The van der Waals surface area contributed by atoms with Crippen LogP contribution in [0.15, 0.2) is 24.3 Å². The highest BCUT2D eigenvalue weighted by molar-refractivity contribution is 5.33. The van der Waals surface area contributed by atoms with E-state index in [2.05, 4.69) is 45.0 Å². The van der Waals surface area contributed by atoms with Crippen LogP contribution < -0.4 is 4.74 Å². The molecule has 0 heterocycles. The predicted octanol–water partition coefficient (Wildman–Crippen LogP) is 9.23. The second-order valence-corrected chi connectivity index (χ2v) is 9.04. The summed E-state index contributed by atoms with van der Waals surface area (Å²) >= 11 is 0. The molecule has 1 unspecified atom stereocenters. The van der Waals surface area contributed by atoms with Gasteiger partial charge in [0.15, 0.2) is 0 Å². The van der Waals surface area contributed by atoms with Crippen LogP contribution in [0.4, 0.5) is 0 Å². The smallest absolute Gasteiger partial charge is 0.119 e. The highest BCUT2D eigenvalue weighted by Crippen LogP contribution is 2.37. The van der Waals surface area contributed by atoms with Crippen LogP contribution in [0, 0.1) is 0 Å². The lowest BCUT2D eigenvalue weighted by Crippen LogP contribution is -2.22. The van der Waals surface area contributed by atoms with Crippen molar-refractivity contribution in [1.29, 1.82) is 0 Å². The molecule has 1 heteroatoms. The summed E-state index contributed by atoms with van der Waals surface area (Å²) in [7, 11) is 1.78. The van der Waals surface area contributed by atoms with Gasteiger partial charge in [0, 0.05) is 0 Å². The predicted molar refractivity (Wildman–Crippen MR) is 126 cm³/mol. The summed E-state index contributed by atoms with van der Waals surface area (Å²) in [6, 6.07) is 8.85. The third-order valence-electron chi connectivity index (χ3n) is 6.43. The molecule has 0 bridgehead atoms. The molecule has 28 heavy (non-hydrogen) atoms. The van der Waals surface area contributed by atoms with Crippen LogP contribution in [-0.2, 0) is 5.41 Å². The number of ether oxygens (including phenoxy) is 1. The van der Waals surface area contributed by atoms with E-state index in [-0.39, 0.29) is 0 Å². The summed E-state index contributed by atoms with van der Waals surface area (Å²) in [6.45, 7) is 7.09. The van der Waals surface area contributed by atoms with Crippen LogP contribution in [-0.4, -0.2) is 7.11 Å². The molecule has 1 rings (SSSR count). The minimum Gasteiger partial charge on any atom is -0.497 e. The summed E-state index contributed by atoms with van der Waals surface area (Å²) in [5, 5.41) is 0. The first-order valence-electron chi connectivity index (χ1n) is 12.3. The van der Waals surface area contributed by atoms with E-state index in [0.29, 0.717) is 5.41 Å². The molecular formula is C27H48O. The zero-order valence-corrected chi connectivity index (χ0v) is 19.5. The highest BCUT2D eigenvalue weighted by Gasteiger charge is 2.26. The first-order chi connectivity index (χ1) is 13.7. The highest BCUT2D eigenvalue weighted by atomic mass is 16.5. The van der Waals surface area contributed by atoms with Gasteiger partial charge in [-0.05, 0) is 36.0 Å². The standard InChI is InChI=1S/C27H48O/c1-5-7-9-11-13-14-16-18-23-27(3,22-17-15-12-10-8-6-2)25-20-19-21-26(24-25)28-4/h19-21,24H,5-18,22-23H2,1-4H3. The molecule has 0 aliphatic carbocycles. The molecule has 162 valence electrons. The van der Waals surface area contributed by atoms with Crippen LogP contribution in [0.25, 0.3) is 0 Å². The molecule has 0 aliphatic rings. The van der Waals surface area contributed by atoms with Crippen LogP contribution in [0.5, 0.6) is 5.75 Å². The zero-order chi connectivity index (χ0) is 20.5. The molecule has 0 amide bonds. The van der Waals surface area contributed by atoms with Crippen molar-refractivity contribution in [3.8, 4) is 5.75 Å². The van der Waals surface area contributed by atoms with Crippen LogP contribution in [0.1, 0.15) is 129 Å². The Morgan fingerprint density at radius 2 is 1.14 bits per heavy atom. The van der Waals surface area contributed by atoms with E-state index in [4.69, 9.17) is 4.74 Å². The molecule has 0 spiro atoms. The number of methoxy groups -OCH3 is 1. The zero-order valence-electron chi connectivity index (χ0n) is 19.5. The minimum absolute atomic E-state index is 0.293. The Balaban J connectivity index is 2.50. The molecule has 0 saturated carbocycles. The average molecular weight is 389 g/mol. The lowest BCUT2D eigenvalue weighted by atomic mass is 9.74. The lowest BCUT2D eigenvalue weighted by molar-refractivity contribution is 0.358. The largest absolute Gasteiger partial charge is 0.497 e. The maximum atomic E-state index is 5.51. The topological polar surface area (TPSA) is 9.23 Å². The number of hydrogen-bond donors (Lipinski definition) is 0. The Morgan fingerprint density at radius 3 is 1.61 bits per heavy atom. The second kappa shape index (κ2) is 15.9. The lowest BCUT2D eigenvalue weighted by Gasteiger charge is -2.31. The summed E-state index contributed by atoms with van der Waals surface area (Å²) in [5.41, 5.74) is 1.77. The molecule has 0 fully saturated rings. The molecule has 0 radical (unpaired) electrons. The SMILES string of the molecule is CCCCCCCCCCC(C)(CCCCCCCC)c1cccc(OC)c1. The molecule has 1 atom stereocenters. The fourth-order valence-electron chi connectivity index (χ4n) is 4.36. The van der Waals surface area contributed by atoms with E-state index in [1.165, 1.54) is 108 Å². The number of hydrogen-bond acceptors (Lipinski definition) is 1. The van der Waals surface area contributed by atoms with Crippen molar-refractivity contribution in [1.82, 2.24) is 0 Å². The van der Waals surface area contributed by atoms with Gasteiger partial charge in [-0.1, -0.05) is 123 Å². The van der Waals surface area contributed by atoms with E-state index in [1.54, 1.807) is 7.11 Å². The molecule has 0 aliphatic heterocycles. The molecule has 1 aromatic carbocycles. The van der Waals surface area contributed by atoms with E-state index >= 15 is 0 Å². The molecule has 1 aromatic rings. The van der Waals surface area contributed by atoms with Gasteiger partial charge in [-0.25, -0.2) is 0 Å². The number of rotatable bonds is 18. The Kier molecular flexibility index (Phi) is 14.2. The normalized spacial score (nSPS) is 13.4. The quantitative estimate of drug-likeness (QED) is 0.228. The Morgan fingerprint density at radius 1 is 0.679 bits per heavy atom. The molecule has 0 saturated heterocycles. The number of unbranched alkanes of at least 4 members (excludes halogenated alkanes) is 12. The van der Waals surface area contributed by atoms with Crippen molar-refractivity contribution in [3.63, 3.8) is 0 Å². The van der Waals surface area contributed by atoms with E-state index in [9.17, 15) is 0 Å². The molecule has 0 N–H and O–H groups in total. The van der Waals surface area contributed by atoms with Crippen molar-refractivity contribution < 1.29 is 4.74 Å². The van der Waals surface area contributed by atoms with Gasteiger partial charge in [0.05, 0.1) is 7.11 Å². The molecule has 0 aromatic heterocycles. The van der Waals surface area contributed by atoms with Crippen molar-refractivity contribution in [2.45, 2.75) is 129 Å². The summed E-state index contributed by atoms with van der Waals surface area (Å²) < 4.78 is 5.51. The maximum absolute atomic E-state index is 5.51. The third kappa shape index (κ3) is 10.5. The second-order valence-electron chi connectivity index (χ2n) is 9.04. The van der Waals surface area contributed by atoms with Crippen molar-refractivity contribution in [3.05, 3.63) is 29.8 Å². The molecule has 1 nitrogen and oxygen atoms in total. The summed E-state index contributed by atoms with van der Waals surface area (Å²) in [4.78, 5) is 0. The Bertz CT molecular complexity index is 481. The fraction of sp³-hybridized carbons (Fsp3) is 0.778. The average Bonchev–Trinajstić information content (AvgIpc) is 2.72. The van der Waals surface area contributed by atoms with Crippen LogP contribution in [0.3, 0.4) is 0 Å². The van der Waals surface area contributed by atoms with Crippen molar-refractivity contribution in [2.24, 2.45) is 0 Å². The van der Waals surface area contributed by atoms with Gasteiger partial charge in [0.1, 0.15) is 5.75 Å². The fourth-order valence-corrected chi connectivity index (χ4v) is 4.36. The monoisotopic (exact) mass is 388 g/mol. The Hall–Kier alpha value is -0.980. The van der Waals surface area contributed by atoms with Gasteiger partial charge >= 0.3 is 0 Å². The van der Waals surface area contributed by atoms with Crippen molar-refractivity contribution >= 4 is 0 Å². The maximum Gasteiger partial charge on any atom is 0.119 e. The van der Waals surface area contributed by atoms with Gasteiger partial charge in [0.25, 0.3) is 0 Å². The van der Waals surface area contributed by atoms with Gasteiger partial charge < -0.3 is 4.74 Å². The van der Waals surface area contributed by atoms with Gasteiger partial charge in [-0.15, -0.1) is 0 Å². The first kappa shape index (κ1) is 25.1. The minimum atomic E-state index is 0.293. The van der Waals surface area contributed by atoms with Crippen LogP contribution in [0.2, 0.25) is 0 Å². The van der Waals surface area contributed by atoms with E-state index in [0.717, 1.165) is 5.75 Å². The van der Waals surface area contributed by atoms with Crippen molar-refractivity contribution in [2.75, 3.05) is 7.11 Å².